The van der Waals surface area contributed by atoms with Gasteiger partial charge in [0.05, 0.1) is 12.2 Å². The number of carbonyl (C=O) groups excluding carboxylic acids is 1. The summed E-state index contributed by atoms with van der Waals surface area (Å²) in [5.41, 5.74) is 1.03. The van der Waals surface area contributed by atoms with E-state index in [1.54, 1.807) is 12.3 Å². The molecule has 2 heterocycles. The minimum atomic E-state index is -0.299. The monoisotopic (exact) mass is 302 g/mol. The number of pyridine rings is 1. The molecule has 0 fully saturated rings. The third-order valence-corrected chi connectivity index (χ3v) is 3.44. The Balaban J connectivity index is 2.08. The summed E-state index contributed by atoms with van der Waals surface area (Å²) in [5.74, 6) is 5.33. The van der Waals surface area contributed by atoms with E-state index in [1.807, 2.05) is 6.92 Å². The van der Waals surface area contributed by atoms with Gasteiger partial charge in [0.2, 0.25) is 5.13 Å². The summed E-state index contributed by atoms with van der Waals surface area (Å²) in [6.45, 7) is 1.99. The first kappa shape index (κ1) is 15.1. The fourth-order valence-electron chi connectivity index (χ4n) is 1.47. The number of anilines is 1. The highest BCUT2D eigenvalue weighted by atomic mass is 32.1. The Morgan fingerprint density at radius 1 is 1.43 bits per heavy atom. The first-order chi connectivity index (χ1) is 10.2. The summed E-state index contributed by atoms with van der Waals surface area (Å²) in [5, 5.41) is 20.5. The lowest BCUT2D eigenvalue weighted by Crippen LogP contribution is -2.12. The molecule has 0 saturated carbocycles. The Kier molecular flexibility index (Phi) is 5.37. The maximum Gasteiger partial charge on any atom is 0.259 e. The molecule has 0 aliphatic carbocycles. The van der Waals surface area contributed by atoms with Gasteiger partial charge in [-0.15, -0.1) is 10.2 Å². The van der Waals surface area contributed by atoms with E-state index in [-0.39, 0.29) is 12.5 Å². The van der Waals surface area contributed by atoms with Gasteiger partial charge in [-0.25, -0.2) is 0 Å². The summed E-state index contributed by atoms with van der Waals surface area (Å²) >= 11 is 1.35. The summed E-state index contributed by atoms with van der Waals surface area (Å²) < 4.78 is 0. The lowest BCUT2D eigenvalue weighted by Gasteiger charge is -2.00. The van der Waals surface area contributed by atoms with Crippen LogP contribution in [-0.2, 0) is 6.42 Å². The molecule has 7 heteroatoms. The summed E-state index contributed by atoms with van der Waals surface area (Å²) in [6, 6.07) is 1.65. The number of aromatic nitrogens is 3. The van der Waals surface area contributed by atoms with E-state index < -0.39 is 0 Å². The van der Waals surface area contributed by atoms with Crippen molar-refractivity contribution in [3.05, 3.63) is 34.6 Å². The lowest BCUT2D eigenvalue weighted by molar-refractivity contribution is 0.102. The van der Waals surface area contributed by atoms with Crippen LogP contribution in [0.4, 0.5) is 5.13 Å². The van der Waals surface area contributed by atoms with E-state index in [4.69, 9.17) is 5.11 Å². The van der Waals surface area contributed by atoms with Crippen molar-refractivity contribution in [2.24, 2.45) is 0 Å². The van der Waals surface area contributed by atoms with E-state index in [0.29, 0.717) is 22.7 Å². The molecule has 0 bridgehead atoms. The molecule has 6 nitrogen and oxygen atoms in total. The zero-order valence-corrected chi connectivity index (χ0v) is 12.3. The number of hydrogen-bond acceptors (Lipinski definition) is 6. The molecule has 0 aromatic carbocycles. The van der Waals surface area contributed by atoms with Gasteiger partial charge in [0.1, 0.15) is 5.01 Å². The second-order valence-electron chi connectivity index (χ2n) is 4.05. The number of carbonyl (C=O) groups is 1. The van der Waals surface area contributed by atoms with Crippen LogP contribution < -0.4 is 5.32 Å². The van der Waals surface area contributed by atoms with Gasteiger partial charge in [-0.3, -0.25) is 15.1 Å². The molecule has 21 heavy (non-hydrogen) atoms. The van der Waals surface area contributed by atoms with Crippen molar-refractivity contribution in [1.29, 1.82) is 0 Å². The Morgan fingerprint density at radius 3 is 3.00 bits per heavy atom. The number of hydrogen-bond donors (Lipinski definition) is 2. The highest BCUT2D eigenvalue weighted by Crippen LogP contribution is 2.16. The standard InChI is InChI=1S/C14H14N4O2S/c1-2-12-17-18-14(21-12)16-13(20)11-7-10(8-15-9-11)5-3-4-6-19/h7-9,19H,2,4,6H2,1H3,(H,16,18,20). The predicted octanol–water partition coefficient (Wildman–Crippen LogP) is 1.48. The van der Waals surface area contributed by atoms with Crippen molar-refractivity contribution in [3.63, 3.8) is 0 Å². The van der Waals surface area contributed by atoms with Crippen molar-refractivity contribution in [1.82, 2.24) is 15.2 Å². The number of amides is 1. The maximum absolute atomic E-state index is 12.1. The molecule has 0 unspecified atom stereocenters. The molecule has 0 radical (unpaired) electrons. The van der Waals surface area contributed by atoms with E-state index in [0.717, 1.165) is 11.4 Å². The molecular weight excluding hydrogens is 288 g/mol. The Labute approximate surface area is 126 Å². The number of aryl methyl sites for hydroxylation is 1. The third-order valence-electron chi connectivity index (χ3n) is 2.46. The van der Waals surface area contributed by atoms with Gasteiger partial charge < -0.3 is 5.11 Å². The molecule has 0 spiro atoms. The second-order valence-corrected chi connectivity index (χ2v) is 5.11. The van der Waals surface area contributed by atoms with Crippen molar-refractivity contribution in [2.75, 3.05) is 11.9 Å². The zero-order valence-electron chi connectivity index (χ0n) is 11.5. The minimum absolute atomic E-state index is 0.0113. The largest absolute Gasteiger partial charge is 0.395 e. The maximum atomic E-state index is 12.1. The Morgan fingerprint density at radius 2 is 2.29 bits per heavy atom. The number of rotatable bonds is 4. The Bertz CT molecular complexity index is 688. The molecule has 0 saturated heterocycles. The molecule has 2 N–H and O–H groups in total. The van der Waals surface area contributed by atoms with Gasteiger partial charge in [0, 0.05) is 24.4 Å². The predicted molar refractivity (Wildman–Crippen MR) is 80.1 cm³/mol. The van der Waals surface area contributed by atoms with Crippen molar-refractivity contribution >= 4 is 22.4 Å². The fraction of sp³-hybridized carbons (Fsp3) is 0.286. The van der Waals surface area contributed by atoms with Gasteiger partial charge in [-0.1, -0.05) is 30.1 Å². The first-order valence-corrected chi connectivity index (χ1v) is 7.23. The number of aliphatic hydroxyl groups excluding tert-OH is 1. The van der Waals surface area contributed by atoms with Crippen LogP contribution in [0.15, 0.2) is 18.5 Å². The average molecular weight is 302 g/mol. The van der Waals surface area contributed by atoms with E-state index >= 15 is 0 Å². The van der Waals surface area contributed by atoms with Gasteiger partial charge in [-0.2, -0.15) is 0 Å². The van der Waals surface area contributed by atoms with Gasteiger partial charge in [0.25, 0.3) is 5.91 Å². The van der Waals surface area contributed by atoms with Gasteiger partial charge >= 0.3 is 0 Å². The number of nitrogens with one attached hydrogen (secondary N) is 1. The molecule has 1 amide bonds. The third kappa shape index (κ3) is 4.34. The topological polar surface area (TPSA) is 88.0 Å². The summed E-state index contributed by atoms with van der Waals surface area (Å²) in [4.78, 5) is 16.1. The highest BCUT2D eigenvalue weighted by Gasteiger charge is 2.10. The van der Waals surface area contributed by atoms with E-state index in [1.165, 1.54) is 17.5 Å². The van der Waals surface area contributed by atoms with Gasteiger partial charge in [-0.05, 0) is 12.5 Å². The molecule has 2 rings (SSSR count). The highest BCUT2D eigenvalue weighted by molar-refractivity contribution is 7.15. The van der Waals surface area contributed by atoms with Crippen LogP contribution >= 0.6 is 11.3 Å². The van der Waals surface area contributed by atoms with Crippen LogP contribution in [0.25, 0.3) is 0 Å². The zero-order chi connectivity index (χ0) is 15.1. The molecule has 108 valence electrons. The minimum Gasteiger partial charge on any atom is -0.395 e. The van der Waals surface area contributed by atoms with E-state index in [2.05, 4.69) is 32.3 Å². The lowest BCUT2D eigenvalue weighted by atomic mass is 10.2. The second kappa shape index (κ2) is 7.47. The SMILES string of the molecule is CCc1nnc(NC(=O)c2cncc(C#CCCO)c2)s1. The van der Waals surface area contributed by atoms with Crippen LogP contribution in [0.5, 0.6) is 0 Å². The fourth-order valence-corrected chi connectivity index (χ4v) is 2.14. The smallest absolute Gasteiger partial charge is 0.259 e. The average Bonchev–Trinajstić information content (AvgIpc) is 2.95. The number of aliphatic hydroxyl groups is 1. The van der Waals surface area contributed by atoms with Crippen molar-refractivity contribution < 1.29 is 9.90 Å². The molecule has 0 aliphatic heterocycles. The first-order valence-electron chi connectivity index (χ1n) is 6.41. The van der Waals surface area contributed by atoms with Gasteiger partial charge in [0.15, 0.2) is 0 Å². The van der Waals surface area contributed by atoms with Crippen molar-refractivity contribution in [3.8, 4) is 11.8 Å². The molecular formula is C14H14N4O2S. The van der Waals surface area contributed by atoms with Crippen molar-refractivity contribution in [2.45, 2.75) is 19.8 Å². The van der Waals surface area contributed by atoms with Crippen LogP contribution in [-0.4, -0.2) is 32.8 Å². The normalized spacial score (nSPS) is 9.81. The van der Waals surface area contributed by atoms with E-state index in [9.17, 15) is 4.79 Å². The molecule has 0 atom stereocenters. The molecule has 2 aromatic rings. The van der Waals surface area contributed by atoms with Crippen LogP contribution in [0.2, 0.25) is 0 Å². The summed E-state index contributed by atoms with van der Waals surface area (Å²) in [6.07, 6.45) is 4.21. The molecule has 2 aromatic heterocycles. The summed E-state index contributed by atoms with van der Waals surface area (Å²) in [7, 11) is 0. The quantitative estimate of drug-likeness (QED) is 0.835. The van der Waals surface area contributed by atoms with Crippen LogP contribution in [0.3, 0.4) is 0 Å². The Hall–Kier alpha value is -2.30. The van der Waals surface area contributed by atoms with Crippen LogP contribution in [0.1, 0.15) is 34.3 Å². The molecule has 0 aliphatic rings. The number of nitrogens with zero attached hydrogens (tertiary/aromatic N) is 3. The van der Waals surface area contributed by atoms with Crippen LogP contribution in [0, 0.1) is 11.8 Å².